The van der Waals surface area contributed by atoms with Crippen molar-refractivity contribution in [3.63, 3.8) is 0 Å². The molecule has 94 valence electrons. The fraction of sp³-hybridized carbons (Fsp3) is 0.462. The Labute approximate surface area is 102 Å². The van der Waals surface area contributed by atoms with Crippen LogP contribution in [0, 0.1) is 5.41 Å². The van der Waals surface area contributed by atoms with Gasteiger partial charge in [0.15, 0.2) is 5.75 Å². The lowest BCUT2D eigenvalue weighted by Gasteiger charge is -2.26. The fourth-order valence-corrected chi connectivity index (χ4v) is 1.72. The first-order valence-electron chi connectivity index (χ1n) is 5.55. The van der Waals surface area contributed by atoms with E-state index >= 15 is 0 Å². The minimum absolute atomic E-state index is 0.0142. The van der Waals surface area contributed by atoms with Crippen molar-refractivity contribution in [2.75, 3.05) is 19.3 Å². The zero-order valence-electron chi connectivity index (χ0n) is 10.8. The van der Waals surface area contributed by atoms with E-state index in [1.165, 1.54) is 0 Å². The van der Waals surface area contributed by atoms with Crippen LogP contribution in [-0.2, 0) is 0 Å². The number of aromatic hydroxyl groups is 1. The summed E-state index contributed by atoms with van der Waals surface area (Å²) >= 11 is 0. The molecule has 0 heterocycles. The van der Waals surface area contributed by atoms with Crippen molar-refractivity contribution in [2.24, 2.45) is 5.41 Å². The number of hydrogen-bond acceptors (Lipinski definition) is 3. The van der Waals surface area contributed by atoms with Crippen LogP contribution in [0.1, 0.15) is 31.1 Å². The largest absolute Gasteiger partial charge is 0.505 e. The number of carbonyl (C=O) groups is 1. The molecular weight excluding hydrogens is 216 g/mol. The third-order valence-corrected chi connectivity index (χ3v) is 2.36. The zero-order chi connectivity index (χ0) is 13.2. The van der Waals surface area contributed by atoms with Gasteiger partial charge >= 0.3 is 0 Å². The molecule has 0 saturated heterocycles. The molecule has 3 N–H and O–H groups in total. The molecule has 0 atom stereocenters. The molecule has 0 fully saturated rings. The molecule has 0 bridgehead atoms. The van der Waals surface area contributed by atoms with Crippen LogP contribution in [0.15, 0.2) is 18.2 Å². The smallest absolute Gasteiger partial charge is 0.257 e. The minimum Gasteiger partial charge on any atom is -0.505 e. The van der Waals surface area contributed by atoms with E-state index in [2.05, 4.69) is 20.8 Å². The van der Waals surface area contributed by atoms with Crippen molar-refractivity contribution in [3.8, 4) is 5.75 Å². The molecule has 17 heavy (non-hydrogen) atoms. The Bertz CT molecular complexity index is 422. The third kappa shape index (κ3) is 3.37. The molecule has 0 spiro atoms. The van der Waals surface area contributed by atoms with E-state index < -0.39 is 0 Å². The highest BCUT2D eigenvalue weighted by Gasteiger charge is 2.21. The second-order valence-electron chi connectivity index (χ2n) is 5.47. The first-order valence-corrected chi connectivity index (χ1v) is 5.55. The van der Waals surface area contributed by atoms with Crippen LogP contribution < -0.4 is 5.73 Å². The molecule has 0 saturated carbocycles. The summed E-state index contributed by atoms with van der Waals surface area (Å²) in [4.78, 5) is 13.7. The van der Waals surface area contributed by atoms with Crippen molar-refractivity contribution < 1.29 is 9.90 Å². The first kappa shape index (κ1) is 13.4. The Balaban J connectivity index is 2.93. The second kappa shape index (κ2) is 4.65. The summed E-state index contributed by atoms with van der Waals surface area (Å²) in [5.41, 5.74) is 6.05. The number of nitrogens with zero attached hydrogens (tertiary/aromatic N) is 1. The van der Waals surface area contributed by atoms with Gasteiger partial charge in [0.25, 0.3) is 5.91 Å². The molecule has 1 amide bonds. The maximum absolute atomic E-state index is 12.1. The molecule has 4 nitrogen and oxygen atoms in total. The molecule has 0 aliphatic carbocycles. The Morgan fingerprint density at radius 1 is 1.41 bits per heavy atom. The minimum atomic E-state index is -0.218. The molecule has 0 aliphatic rings. The summed E-state index contributed by atoms with van der Waals surface area (Å²) in [7, 11) is 1.72. The Morgan fingerprint density at radius 2 is 2.00 bits per heavy atom. The van der Waals surface area contributed by atoms with Crippen LogP contribution in [0.4, 0.5) is 5.69 Å². The van der Waals surface area contributed by atoms with Crippen molar-refractivity contribution in [3.05, 3.63) is 23.8 Å². The number of amides is 1. The molecule has 1 aromatic carbocycles. The van der Waals surface area contributed by atoms with E-state index in [1.54, 1.807) is 30.1 Å². The number of rotatable bonds is 2. The maximum atomic E-state index is 12.1. The number of nitrogen functional groups attached to an aromatic ring is 1. The predicted octanol–water partition coefficient (Wildman–Crippen LogP) is 2.09. The number of para-hydroxylation sites is 1. The average Bonchev–Trinajstić information content (AvgIpc) is 2.18. The van der Waals surface area contributed by atoms with Crippen LogP contribution in [0.5, 0.6) is 5.75 Å². The van der Waals surface area contributed by atoms with Crippen molar-refractivity contribution >= 4 is 11.6 Å². The van der Waals surface area contributed by atoms with E-state index in [9.17, 15) is 9.90 Å². The van der Waals surface area contributed by atoms with Crippen LogP contribution in [-0.4, -0.2) is 29.5 Å². The van der Waals surface area contributed by atoms with Gasteiger partial charge in [-0.2, -0.15) is 0 Å². The van der Waals surface area contributed by atoms with E-state index in [4.69, 9.17) is 5.73 Å². The number of carbonyl (C=O) groups excluding carboxylic acids is 1. The van der Waals surface area contributed by atoms with Gasteiger partial charge in [0.05, 0.1) is 11.3 Å². The summed E-state index contributed by atoms with van der Waals surface area (Å²) in [6.45, 7) is 6.77. The normalized spacial score (nSPS) is 11.3. The number of anilines is 1. The van der Waals surface area contributed by atoms with Gasteiger partial charge in [-0.15, -0.1) is 0 Å². The molecule has 0 unspecified atom stereocenters. The van der Waals surface area contributed by atoms with Gasteiger partial charge in [-0.1, -0.05) is 26.8 Å². The van der Waals surface area contributed by atoms with E-state index in [0.29, 0.717) is 6.54 Å². The molecule has 0 radical (unpaired) electrons. The summed E-state index contributed by atoms with van der Waals surface area (Å²) in [5, 5.41) is 9.74. The Morgan fingerprint density at radius 3 is 2.53 bits per heavy atom. The molecule has 0 aliphatic heterocycles. The standard InChI is InChI=1S/C13H20N2O2/c1-13(2,3)8-15(4)12(17)9-6-5-7-10(14)11(9)16/h5-7,16H,8,14H2,1-4H3. The Hall–Kier alpha value is -1.71. The number of nitrogens with two attached hydrogens (primary N) is 1. The fourth-order valence-electron chi connectivity index (χ4n) is 1.72. The van der Waals surface area contributed by atoms with Gasteiger partial charge in [-0.3, -0.25) is 4.79 Å². The van der Waals surface area contributed by atoms with E-state index in [1.807, 2.05) is 0 Å². The van der Waals surface area contributed by atoms with Crippen molar-refractivity contribution in [2.45, 2.75) is 20.8 Å². The van der Waals surface area contributed by atoms with Gasteiger partial charge in [0.1, 0.15) is 0 Å². The summed E-state index contributed by atoms with van der Waals surface area (Å²) in [6, 6.07) is 4.80. The number of phenolic OH excluding ortho intramolecular Hbond substituents is 1. The average molecular weight is 236 g/mol. The predicted molar refractivity (Wildman–Crippen MR) is 68.9 cm³/mol. The van der Waals surface area contributed by atoms with Crippen molar-refractivity contribution in [1.29, 1.82) is 0 Å². The molecule has 0 aromatic heterocycles. The topological polar surface area (TPSA) is 66.6 Å². The summed E-state index contributed by atoms with van der Waals surface area (Å²) < 4.78 is 0. The summed E-state index contributed by atoms with van der Waals surface area (Å²) in [6.07, 6.45) is 0. The zero-order valence-corrected chi connectivity index (χ0v) is 10.8. The molecule has 1 aromatic rings. The highest BCUT2D eigenvalue weighted by atomic mass is 16.3. The second-order valence-corrected chi connectivity index (χ2v) is 5.47. The Kier molecular flexibility index (Phi) is 3.66. The van der Waals surface area contributed by atoms with Crippen LogP contribution >= 0.6 is 0 Å². The first-order chi connectivity index (χ1) is 7.72. The van der Waals surface area contributed by atoms with Gasteiger partial charge in [0.2, 0.25) is 0 Å². The van der Waals surface area contributed by atoms with Crippen molar-refractivity contribution in [1.82, 2.24) is 4.90 Å². The van der Waals surface area contributed by atoms with Gasteiger partial charge in [-0.05, 0) is 17.5 Å². The van der Waals surface area contributed by atoms with Crippen LogP contribution in [0.3, 0.4) is 0 Å². The quantitative estimate of drug-likeness (QED) is 0.610. The van der Waals surface area contributed by atoms with Crippen LogP contribution in [0.2, 0.25) is 0 Å². The molecule has 4 heteroatoms. The van der Waals surface area contributed by atoms with Gasteiger partial charge in [-0.25, -0.2) is 0 Å². The van der Waals surface area contributed by atoms with Gasteiger partial charge in [0, 0.05) is 13.6 Å². The highest BCUT2D eigenvalue weighted by Crippen LogP contribution is 2.26. The SMILES string of the molecule is CN(CC(C)(C)C)C(=O)c1cccc(N)c1O. The molecule has 1 rings (SSSR count). The van der Waals surface area contributed by atoms with Crippen LogP contribution in [0.25, 0.3) is 0 Å². The summed E-state index contributed by atoms with van der Waals surface area (Å²) in [5.74, 6) is -0.358. The van der Waals surface area contributed by atoms with Gasteiger partial charge < -0.3 is 15.7 Å². The lowest BCUT2D eigenvalue weighted by atomic mass is 9.96. The van der Waals surface area contributed by atoms with E-state index in [0.717, 1.165) is 0 Å². The number of benzene rings is 1. The lowest BCUT2D eigenvalue weighted by molar-refractivity contribution is 0.0742. The molecular formula is C13H20N2O2. The number of hydrogen-bond donors (Lipinski definition) is 2. The highest BCUT2D eigenvalue weighted by molar-refractivity contribution is 5.98. The third-order valence-electron chi connectivity index (χ3n) is 2.36. The lowest BCUT2D eigenvalue weighted by Crippen LogP contribution is -2.34. The number of phenols is 1. The monoisotopic (exact) mass is 236 g/mol. The van der Waals surface area contributed by atoms with E-state index in [-0.39, 0.29) is 28.3 Å². The maximum Gasteiger partial charge on any atom is 0.257 e.